The highest BCUT2D eigenvalue weighted by Gasteiger charge is 1.54. The summed E-state index contributed by atoms with van der Waals surface area (Å²) in [4.78, 5) is 8.00. The smallest absolute Gasteiger partial charge is 0.120 e. The summed E-state index contributed by atoms with van der Waals surface area (Å²) in [6, 6.07) is 0.292. The first-order valence-electron chi connectivity index (χ1n) is 1.25. The molecular formula is C3H7ClO2. The summed E-state index contributed by atoms with van der Waals surface area (Å²) in [5.74, 6) is 0. The predicted molar refractivity (Wildman–Crippen MR) is 24.8 cm³/mol. The molecule has 0 unspecified atom stereocenters. The summed E-state index contributed by atoms with van der Waals surface area (Å²) >= 11 is 4.96. The lowest BCUT2D eigenvalue weighted by Gasteiger charge is -1.74. The Morgan fingerprint density at radius 1 is 1.83 bits per heavy atom. The quantitative estimate of drug-likeness (QED) is 0.463. The van der Waals surface area contributed by atoms with Gasteiger partial charge in [0, 0.05) is 7.11 Å². The highest BCUT2D eigenvalue weighted by molar-refractivity contribution is 6.17. The molecule has 0 atom stereocenters. The Bertz CT molecular complexity index is 16.3. The Morgan fingerprint density at radius 3 is 2.00 bits per heavy atom. The van der Waals surface area contributed by atoms with Crippen LogP contribution < -0.4 is 0 Å². The number of carbonyl (C=O) groups is 1. The largest absolute Gasteiger partial charge is 0.369 e. The SMILES string of the molecule is C=O.COCCl. The van der Waals surface area contributed by atoms with E-state index < -0.39 is 0 Å². The zero-order chi connectivity index (χ0) is 5.41. The lowest BCUT2D eigenvalue weighted by molar-refractivity contribution is -0.0979. The number of hydrogen-bond donors (Lipinski definition) is 0. The Balaban J connectivity index is 0. The van der Waals surface area contributed by atoms with Crippen molar-refractivity contribution < 1.29 is 9.53 Å². The van der Waals surface area contributed by atoms with Gasteiger partial charge in [0.25, 0.3) is 0 Å². The van der Waals surface area contributed by atoms with E-state index in [-0.39, 0.29) is 0 Å². The number of ether oxygens (including phenoxy) is 1. The molecule has 0 fully saturated rings. The van der Waals surface area contributed by atoms with Crippen molar-refractivity contribution >= 4 is 18.4 Å². The van der Waals surface area contributed by atoms with Gasteiger partial charge in [-0.25, -0.2) is 0 Å². The van der Waals surface area contributed by atoms with E-state index in [9.17, 15) is 0 Å². The van der Waals surface area contributed by atoms with Crippen LogP contribution in [-0.4, -0.2) is 20.0 Å². The molecule has 2 nitrogen and oxygen atoms in total. The number of alkyl halides is 1. The van der Waals surface area contributed by atoms with Gasteiger partial charge in [0.05, 0.1) is 0 Å². The topological polar surface area (TPSA) is 26.3 Å². The molecule has 0 spiro atoms. The number of rotatable bonds is 1. The molecule has 0 N–H and O–H groups in total. The molecule has 0 aliphatic rings. The molecule has 3 heteroatoms. The van der Waals surface area contributed by atoms with Gasteiger partial charge in [-0.05, 0) is 0 Å². The van der Waals surface area contributed by atoms with Gasteiger partial charge in [0.15, 0.2) is 0 Å². The monoisotopic (exact) mass is 110 g/mol. The van der Waals surface area contributed by atoms with Crippen LogP contribution in [0.4, 0.5) is 0 Å². The molecule has 0 aromatic carbocycles. The lowest BCUT2D eigenvalue weighted by Crippen LogP contribution is -1.68. The molecule has 0 radical (unpaired) electrons. The average Bonchev–Trinajstić information content (AvgIpc) is 1.72. The minimum absolute atomic E-state index is 0.292. The first-order chi connectivity index (χ1) is 2.91. The fraction of sp³-hybridized carbons (Fsp3) is 0.667. The second kappa shape index (κ2) is 20.5. The van der Waals surface area contributed by atoms with E-state index in [1.165, 1.54) is 0 Å². The molecule has 0 aliphatic heterocycles. The fourth-order valence-electron chi connectivity index (χ4n) is 0. The maximum Gasteiger partial charge on any atom is 0.120 e. The van der Waals surface area contributed by atoms with Gasteiger partial charge in [-0.1, -0.05) is 11.6 Å². The van der Waals surface area contributed by atoms with Gasteiger partial charge in [-0.15, -0.1) is 0 Å². The summed E-state index contributed by atoms with van der Waals surface area (Å²) in [5, 5.41) is 0. The maximum absolute atomic E-state index is 8.00. The first-order valence-corrected chi connectivity index (χ1v) is 1.79. The number of halogens is 1. The molecule has 0 saturated carbocycles. The van der Waals surface area contributed by atoms with Crippen molar-refractivity contribution in [1.29, 1.82) is 0 Å². The van der Waals surface area contributed by atoms with Crippen LogP contribution in [0.1, 0.15) is 0 Å². The van der Waals surface area contributed by atoms with Gasteiger partial charge in [0.1, 0.15) is 12.9 Å². The molecule has 0 aromatic heterocycles. The summed E-state index contributed by atoms with van der Waals surface area (Å²) in [7, 11) is 1.55. The summed E-state index contributed by atoms with van der Waals surface area (Å²) < 4.78 is 4.31. The molecule has 0 aromatic rings. The van der Waals surface area contributed by atoms with Crippen molar-refractivity contribution in [2.45, 2.75) is 0 Å². The second-order valence-corrected chi connectivity index (χ2v) is 0.616. The third kappa shape index (κ3) is 39.5. The molecular weight excluding hydrogens is 103 g/mol. The number of carbonyl (C=O) groups excluding carboxylic acids is 1. The standard InChI is InChI=1S/C2H5ClO.CH2O/c1-4-2-3;1-2/h2H2,1H3;1H2. The van der Waals surface area contributed by atoms with Crippen LogP contribution in [0.5, 0.6) is 0 Å². The summed E-state index contributed by atoms with van der Waals surface area (Å²) in [6.45, 7) is 2.00. The van der Waals surface area contributed by atoms with Crippen LogP contribution in [0.3, 0.4) is 0 Å². The molecule has 0 rings (SSSR count). The highest BCUT2D eigenvalue weighted by Crippen LogP contribution is 1.66. The van der Waals surface area contributed by atoms with Crippen molar-refractivity contribution in [3.05, 3.63) is 0 Å². The van der Waals surface area contributed by atoms with E-state index >= 15 is 0 Å². The van der Waals surface area contributed by atoms with Crippen LogP contribution in [0.25, 0.3) is 0 Å². The van der Waals surface area contributed by atoms with Crippen molar-refractivity contribution in [3.8, 4) is 0 Å². The van der Waals surface area contributed by atoms with E-state index in [1.807, 2.05) is 6.79 Å². The highest BCUT2D eigenvalue weighted by atomic mass is 35.5. The van der Waals surface area contributed by atoms with Crippen LogP contribution in [0, 0.1) is 0 Å². The van der Waals surface area contributed by atoms with E-state index in [1.54, 1.807) is 7.11 Å². The van der Waals surface area contributed by atoms with Crippen LogP contribution in [0.15, 0.2) is 0 Å². The number of hydrogen-bond acceptors (Lipinski definition) is 2. The van der Waals surface area contributed by atoms with E-state index in [2.05, 4.69) is 4.74 Å². The van der Waals surface area contributed by atoms with Gasteiger partial charge in [-0.2, -0.15) is 0 Å². The van der Waals surface area contributed by atoms with Crippen molar-refractivity contribution in [1.82, 2.24) is 0 Å². The fourth-order valence-corrected chi connectivity index (χ4v) is 0. The number of methoxy groups -OCH3 is 1. The van der Waals surface area contributed by atoms with Crippen molar-refractivity contribution in [2.75, 3.05) is 13.2 Å². The first kappa shape index (κ1) is 9.33. The molecule has 6 heavy (non-hydrogen) atoms. The van der Waals surface area contributed by atoms with E-state index in [0.717, 1.165) is 0 Å². The van der Waals surface area contributed by atoms with Gasteiger partial charge < -0.3 is 9.53 Å². The van der Waals surface area contributed by atoms with E-state index in [4.69, 9.17) is 16.4 Å². The predicted octanol–water partition coefficient (Wildman–Crippen LogP) is 0.644. The molecule has 0 saturated heterocycles. The lowest BCUT2D eigenvalue weighted by atomic mass is 11.5. The molecule has 0 bridgehead atoms. The zero-order valence-corrected chi connectivity index (χ0v) is 4.36. The van der Waals surface area contributed by atoms with Gasteiger partial charge >= 0.3 is 0 Å². The Hall–Kier alpha value is -0.0800. The average molecular weight is 111 g/mol. The normalized spacial score (nSPS) is 5.67. The molecule has 0 aliphatic carbocycles. The summed E-state index contributed by atoms with van der Waals surface area (Å²) in [6.07, 6.45) is 0. The van der Waals surface area contributed by atoms with Gasteiger partial charge in [-0.3, -0.25) is 0 Å². The van der Waals surface area contributed by atoms with Crippen LogP contribution in [0.2, 0.25) is 0 Å². The van der Waals surface area contributed by atoms with Crippen LogP contribution >= 0.6 is 11.6 Å². The van der Waals surface area contributed by atoms with Crippen LogP contribution in [-0.2, 0) is 9.53 Å². The zero-order valence-electron chi connectivity index (χ0n) is 3.61. The minimum Gasteiger partial charge on any atom is -0.369 e. The summed E-state index contributed by atoms with van der Waals surface area (Å²) in [5.41, 5.74) is 0. The van der Waals surface area contributed by atoms with E-state index in [0.29, 0.717) is 6.07 Å². The molecule has 38 valence electrons. The van der Waals surface area contributed by atoms with Gasteiger partial charge in [0.2, 0.25) is 0 Å². The third-order valence-electron chi connectivity index (χ3n) is 0.109. The third-order valence-corrected chi connectivity index (χ3v) is 0.327. The molecule has 0 heterocycles. The van der Waals surface area contributed by atoms with Crippen molar-refractivity contribution in [3.63, 3.8) is 0 Å². The Kier molecular flexibility index (Phi) is 31.9. The maximum atomic E-state index is 8.00. The second-order valence-electron chi connectivity index (χ2n) is 0.398. The Morgan fingerprint density at radius 2 is 2.00 bits per heavy atom. The minimum atomic E-state index is 0.292. The Labute approximate surface area is 42.1 Å². The molecule has 0 amide bonds. The van der Waals surface area contributed by atoms with Crippen molar-refractivity contribution in [2.24, 2.45) is 0 Å².